The van der Waals surface area contributed by atoms with Crippen LogP contribution in [-0.4, -0.2) is 28.6 Å². The minimum absolute atomic E-state index is 0.0315. The fourth-order valence-electron chi connectivity index (χ4n) is 5.49. The van der Waals surface area contributed by atoms with Crippen molar-refractivity contribution in [2.75, 3.05) is 0 Å². The number of phenols is 1. The molecule has 6 rings (SSSR count). The van der Waals surface area contributed by atoms with Crippen LogP contribution in [0.15, 0.2) is 108 Å². The molecule has 0 fully saturated rings. The molecule has 12 heteroatoms. The van der Waals surface area contributed by atoms with E-state index in [1.807, 2.05) is 0 Å². The number of aromatic nitrogens is 1. The van der Waals surface area contributed by atoms with Gasteiger partial charge in [0.05, 0.1) is 27.7 Å². The van der Waals surface area contributed by atoms with E-state index in [0.29, 0.717) is 11.1 Å². The molecule has 0 aliphatic rings. The summed E-state index contributed by atoms with van der Waals surface area (Å²) >= 11 is 6.40. The fraction of sp³-hybridized carbons (Fsp3) is 0.0286. The summed E-state index contributed by atoms with van der Waals surface area (Å²) in [7, 11) is -4.57. The number of fused-ring (bicyclic) bond motifs is 1. The van der Waals surface area contributed by atoms with Crippen LogP contribution < -0.4 is 0 Å². The van der Waals surface area contributed by atoms with Crippen molar-refractivity contribution >= 4 is 44.2 Å². The quantitative estimate of drug-likeness (QED) is 0.165. The maximum Gasteiger partial charge on any atom is 0.339 e. The lowest BCUT2D eigenvalue weighted by atomic mass is 9.95. The predicted molar refractivity (Wildman–Crippen MR) is 172 cm³/mol. The van der Waals surface area contributed by atoms with E-state index >= 15 is 0 Å². The summed E-state index contributed by atoms with van der Waals surface area (Å²) in [5.41, 5.74) is 0.835. The van der Waals surface area contributed by atoms with Crippen molar-refractivity contribution < 1.29 is 36.6 Å². The Bertz CT molecular complexity index is 2380. The van der Waals surface area contributed by atoms with Crippen LogP contribution in [0.25, 0.3) is 49.3 Å². The Morgan fingerprint density at radius 3 is 2.26 bits per heavy atom. The van der Waals surface area contributed by atoms with Crippen molar-refractivity contribution in [3.63, 3.8) is 0 Å². The number of hydrogen-bond donors (Lipinski definition) is 2. The molecular formula is C35H20ClF3N2O5S. The van der Waals surface area contributed by atoms with Gasteiger partial charge in [0.15, 0.2) is 5.69 Å². The Hall–Kier alpha value is -5.57. The number of para-hydroxylation sites is 1. The lowest BCUT2D eigenvalue weighted by molar-refractivity contribution is 0.0693. The first-order valence-corrected chi connectivity index (χ1v) is 15.6. The van der Waals surface area contributed by atoms with Gasteiger partial charge in [-0.15, -0.1) is 0 Å². The van der Waals surface area contributed by atoms with Gasteiger partial charge in [-0.1, -0.05) is 72.3 Å². The average molecular weight is 673 g/mol. The SMILES string of the molecule is [C-]#[N+]c1ccccc1-c1c(-c2cccc(-c3ccc(C(=O)O)c(O)c3Cl)c2)n(S(=O)(=O)c2ccc(C(F)F)cc2)c2ccc(F)cc12. The third-order valence-electron chi connectivity index (χ3n) is 7.64. The second-order valence-corrected chi connectivity index (χ2v) is 12.5. The van der Waals surface area contributed by atoms with Gasteiger partial charge in [0.2, 0.25) is 0 Å². The molecule has 0 unspecified atom stereocenters. The van der Waals surface area contributed by atoms with E-state index < -0.39 is 39.5 Å². The standard InChI is InChI=1S/C35H20ClF3N2O5S/c1-40-28-8-3-2-7-25(28)30-27-18-22(37)11-16-29(27)41(47(45,46)23-12-9-19(10-13-23)34(38)39)32(30)21-6-4-5-20(17-21)24-14-15-26(35(43)44)33(42)31(24)36/h2-18,34,42H,(H,43,44). The normalized spacial score (nSPS) is 11.6. The Morgan fingerprint density at radius 2 is 1.57 bits per heavy atom. The van der Waals surface area contributed by atoms with Gasteiger partial charge in [0, 0.05) is 27.6 Å². The van der Waals surface area contributed by atoms with Gasteiger partial charge in [0.1, 0.15) is 17.1 Å². The lowest BCUT2D eigenvalue weighted by Crippen LogP contribution is -2.14. The Balaban J connectivity index is 1.72. The van der Waals surface area contributed by atoms with E-state index in [2.05, 4.69) is 4.85 Å². The summed E-state index contributed by atoms with van der Waals surface area (Å²) in [5, 5.41) is 19.8. The molecule has 1 aromatic heterocycles. The van der Waals surface area contributed by atoms with Crippen molar-refractivity contribution in [3.05, 3.63) is 137 Å². The van der Waals surface area contributed by atoms with Gasteiger partial charge in [0.25, 0.3) is 16.4 Å². The highest BCUT2D eigenvalue weighted by atomic mass is 35.5. The molecule has 2 N–H and O–H groups in total. The number of benzene rings is 5. The zero-order chi connectivity index (χ0) is 33.6. The first-order valence-electron chi connectivity index (χ1n) is 13.7. The number of nitrogens with zero attached hydrogens (tertiary/aromatic N) is 2. The lowest BCUT2D eigenvalue weighted by Gasteiger charge is -2.16. The fourth-order valence-corrected chi connectivity index (χ4v) is 7.31. The summed E-state index contributed by atoms with van der Waals surface area (Å²) in [6, 6.07) is 23.0. The molecule has 0 atom stereocenters. The van der Waals surface area contributed by atoms with Crippen LogP contribution in [0.5, 0.6) is 5.75 Å². The first kappa shape index (κ1) is 31.4. The van der Waals surface area contributed by atoms with Crippen molar-refractivity contribution in [2.24, 2.45) is 0 Å². The second kappa shape index (κ2) is 12.0. The van der Waals surface area contributed by atoms with E-state index in [-0.39, 0.29) is 54.5 Å². The van der Waals surface area contributed by atoms with Crippen molar-refractivity contribution in [3.8, 4) is 39.3 Å². The summed E-state index contributed by atoms with van der Waals surface area (Å²) in [6.07, 6.45) is -2.83. The van der Waals surface area contributed by atoms with Gasteiger partial charge in [-0.3, -0.25) is 0 Å². The minimum Gasteiger partial charge on any atom is -0.505 e. The number of alkyl halides is 2. The smallest absolute Gasteiger partial charge is 0.339 e. The molecule has 5 aromatic carbocycles. The molecule has 6 aromatic rings. The van der Waals surface area contributed by atoms with Crippen LogP contribution in [0, 0.1) is 12.4 Å². The van der Waals surface area contributed by atoms with E-state index in [9.17, 15) is 36.6 Å². The first-order chi connectivity index (χ1) is 22.4. The number of aromatic carboxylic acids is 1. The molecule has 0 aliphatic carbocycles. The molecule has 0 aliphatic heterocycles. The van der Waals surface area contributed by atoms with Crippen LogP contribution in [0.1, 0.15) is 22.3 Å². The third-order valence-corrected chi connectivity index (χ3v) is 9.75. The van der Waals surface area contributed by atoms with Crippen LogP contribution in [0.2, 0.25) is 5.02 Å². The summed E-state index contributed by atoms with van der Waals surface area (Å²) in [5.74, 6) is -2.72. The Kier molecular flexibility index (Phi) is 8.01. The Labute approximate surface area is 271 Å². The molecule has 234 valence electrons. The number of aromatic hydroxyl groups is 1. The number of carbonyl (C=O) groups is 1. The molecule has 1 heterocycles. The highest BCUT2D eigenvalue weighted by molar-refractivity contribution is 7.90. The molecule has 47 heavy (non-hydrogen) atoms. The van der Waals surface area contributed by atoms with Gasteiger partial charge < -0.3 is 10.2 Å². The average Bonchev–Trinajstić information content (AvgIpc) is 3.40. The van der Waals surface area contributed by atoms with Crippen molar-refractivity contribution in [2.45, 2.75) is 11.3 Å². The molecule has 0 saturated carbocycles. The highest BCUT2D eigenvalue weighted by Gasteiger charge is 2.30. The van der Waals surface area contributed by atoms with E-state index in [1.54, 1.807) is 42.5 Å². The summed E-state index contributed by atoms with van der Waals surface area (Å²) in [6.45, 7) is 7.80. The van der Waals surface area contributed by atoms with E-state index in [0.717, 1.165) is 40.4 Å². The molecule has 0 amide bonds. The monoisotopic (exact) mass is 672 g/mol. The molecular weight excluding hydrogens is 653 g/mol. The zero-order valence-corrected chi connectivity index (χ0v) is 25.4. The Morgan fingerprint density at radius 1 is 0.872 bits per heavy atom. The second-order valence-electron chi connectivity index (χ2n) is 10.4. The maximum absolute atomic E-state index is 14.9. The number of halogens is 4. The van der Waals surface area contributed by atoms with Crippen LogP contribution in [0.3, 0.4) is 0 Å². The number of hydrogen-bond acceptors (Lipinski definition) is 4. The molecule has 0 saturated heterocycles. The maximum atomic E-state index is 14.9. The molecule has 0 bridgehead atoms. The van der Waals surface area contributed by atoms with Crippen LogP contribution >= 0.6 is 11.6 Å². The van der Waals surface area contributed by atoms with Crippen molar-refractivity contribution in [1.29, 1.82) is 0 Å². The molecule has 0 radical (unpaired) electrons. The topological polar surface area (TPSA) is 101 Å². The highest BCUT2D eigenvalue weighted by Crippen LogP contribution is 2.47. The minimum atomic E-state index is -4.57. The van der Waals surface area contributed by atoms with E-state index in [1.165, 1.54) is 24.3 Å². The summed E-state index contributed by atoms with van der Waals surface area (Å²) < 4.78 is 71.5. The van der Waals surface area contributed by atoms with Gasteiger partial charge >= 0.3 is 5.97 Å². The van der Waals surface area contributed by atoms with Crippen LogP contribution in [-0.2, 0) is 10.0 Å². The van der Waals surface area contributed by atoms with Gasteiger partial charge in [-0.05, 0) is 53.6 Å². The van der Waals surface area contributed by atoms with Gasteiger partial charge in [-0.25, -0.2) is 35.2 Å². The summed E-state index contributed by atoms with van der Waals surface area (Å²) in [4.78, 5) is 14.8. The van der Waals surface area contributed by atoms with E-state index in [4.69, 9.17) is 18.2 Å². The van der Waals surface area contributed by atoms with Gasteiger partial charge in [-0.2, -0.15) is 0 Å². The number of carboxylic acid groups (broad SMARTS) is 1. The molecule has 0 spiro atoms. The predicted octanol–water partition coefficient (Wildman–Crippen LogP) is 9.56. The third kappa shape index (κ3) is 5.37. The number of rotatable bonds is 7. The zero-order valence-electron chi connectivity index (χ0n) is 23.8. The van der Waals surface area contributed by atoms with Crippen LogP contribution in [0.4, 0.5) is 18.9 Å². The number of carboxylic acids is 1. The largest absolute Gasteiger partial charge is 0.505 e. The van der Waals surface area contributed by atoms with Crippen molar-refractivity contribution in [1.82, 2.24) is 3.97 Å². The molecule has 7 nitrogen and oxygen atoms in total.